The first-order valence-electron chi connectivity index (χ1n) is 6.27. The molecule has 0 saturated carbocycles. The van der Waals surface area contributed by atoms with Gasteiger partial charge in [0.05, 0.1) is 11.4 Å². The number of halogens is 2. The van der Waals surface area contributed by atoms with Crippen LogP contribution in [0, 0.1) is 17.0 Å². The minimum atomic E-state index is -0.800. The Morgan fingerprint density at radius 2 is 1.89 bits per heavy atom. The first-order valence-corrected chi connectivity index (χ1v) is 6.27. The number of hydrogen-bond donors (Lipinski definition) is 1. The van der Waals surface area contributed by atoms with E-state index in [1.807, 2.05) is 0 Å². The Labute approximate surface area is 107 Å². The van der Waals surface area contributed by atoms with Gasteiger partial charge in [0.25, 0.3) is 0 Å². The summed E-state index contributed by atoms with van der Waals surface area (Å²) in [6, 6.07) is 2.80. The summed E-state index contributed by atoms with van der Waals surface area (Å²) in [7, 11) is 0. The summed E-state index contributed by atoms with van der Waals surface area (Å²) >= 11 is 0. The summed E-state index contributed by atoms with van der Waals surface area (Å²) in [4.78, 5) is 2.15. The Kier molecular flexibility index (Phi) is 3.21. The number of nitrogens with one attached hydrogen (secondary N) is 1. The molecule has 1 heterocycles. The zero-order valence-electron chi connectivity index (χ0n) is 11.3. The molecular formula is C14H20F2N2. The molecule has 0 amide bonds. The molecule has 4 heteroatoms. The molecular weight excluding hydrogens is 234 g/mol. The van der Waals surface area contributed by atoms with Crippen molar-refractivity contribution in [1.29, 1.82) is 0 Å². The number of nitrogens with zero attached hydrogens (tertiary/aromatic N) is 1. The van der Waals surface area contributed by atoms with Gasteiger partial charge >= 0.3 is 0 Å². The molecule has 1 aromatic carbocycles. The van der Waals surface area contributed by atoms with Crippen LogP contribution in [-0.2, 0) is 0 Å². The lowest BCUT2D eigenvalue weighted by molar-refractivity contribution is 0.393. The number of hydrogen-bond acceptors (Lipinski definition) is 2. The lowest BCUT2D eigenvalue weighted by Crippen LogP contribution is -2.46. The molecule has 1 aliphatic rings. The SMILES string of the molecule is CC1CNc2cc(F)c(F)cc2N1CC(C)(C)C. The third-order valence-corrected chi connectivity index (χ3v) is 3.11. The van der Waals surface area contributed by atoms with Gasteiger partial charge in [0, 0.05) is 31.3 Å². The minimum absolute atomic E-state index is 0.105. The Morgan fingerprint density at radius 1 is 1.28 bits per heavy atom. The maximum Gasteiger partial charge on any atom is 0.161 e. The molecule has 0 fully saturated rings. The summed E-state index contributed by atoms with van der Waals surface area (Å²) in [5.41, 5.74) is 1.53. The van der Waals surface area contributed by atoms with Gasteiger partial charge in [-0.1, -0.05) is 20.8 Å². The van der Waals surface area contributed by atoms with Gasteiger partial charge < -0.3 is 10.2 Å². The van der Waals surface area contributed by atoms with Crippen molar-refractivity contribution >= 4 is 11.4 Å². The highest BCUT2D eigenvalue weighted by molar-refractivity contribution is 5.73. The lowest BCUT2D eigenvalue weighted by atomic mass is 9.94. The standard InChI is InChI=1S/C14H20F2N2/c1-9-7-17-12-5-10(15)11(16)6-13(12)18(9)8-14(2,3)4/h5-6,9,17H,7-8H2,1-4H3. The highest BCUT2D eigenvalue weighted by Gasteiger charge is 2.27. The second-order valence-electron chi connectivity index (χ2n) is 6.20. The van der Waals surface area contributed by atoms with Crippen LogP contribution in [0.2, 0.25) is 0 Å². The summed E-state index contributed by atoms with van der Waals surface area (Å²) in [5.74, 6) is -1.59. The van der Waals surface area contributed by atoms with Crippen molar-refractivity contribution in [3.63, 3.8) is 0 Å². The van der Waals surface area contributed by atoms with Gasteiger partial charge in [-0.15, -0.1) is 0 Å². The van der Waals surface area contributed by atoms with E-state index in [0.29, 0.717) is 5.69 Å². The van der Waals surface area contributed by atoms with Crippen molar-refractivity contribution in [2.75, 3.05) is 23.3 Å². The summed E-state index contributed by atoms with van der Waals surface area (Å²) in [5, 5.41) is 3.15. The highest BCUT2D eigenvalue weighted by Crippen LogP contribution is 2.35. The van der Waals surface area contributed by atoms with Crippen molar-refractivity contribution < 1.29 is 8.78 Å². The number of anilines is 2. The molecule has 1 unspecified atom stereocenters. The normalized spacial score (nSPS) is 19.4. The lowest BCUT2D eigenvalue weighted by Gasteiger charge is -2.41. The minimum Gasteiger partial charge on any atom is -0.381 e. The fraction of sp³-hybridized carbons (Fsp3) is 0.571. The second-order valence-corrected chi connectivity index (χ2v) is 6.20. The van der Waals surface area contributed by atoms with Crippen molar-refractivity contribution in [3.05, 3.63) is 23.8 Å². The van der Waals surface area contributed by atoms with Gasteiger partial charge in [-0.3, -0.25) is 0 Å². The molecule has 0 saturated heterocycles. The van der Waals surface area contributed by atoms with Gasteiger partial charge in [0.2, 0.25) is 0 Å². The molecule has 1 atom stereocenters. The van der Waals surface area contributed by atoms with Crippen molar-refractivity contribution in [3.8, 4) is 0 Å². The van der Waals surface area contributed by atoms with E-state index in [-0.39, 0.29) is 11.5 Å². The fourth-order valence-electron chi connectivity index (χ4n) is 2.27. The van der Waals surface area contributed by atoms with Gasteiger partial charge in [0.15, 0.2) is 11.6 Å². The van der Waals surface area contributed by atoms with Gasteiger partial charge in [-0.2, -0.15) is 0 Å². The molecule has 0 radical (unpaired) electrons. The van der Waals surface area contributed by atoms with Crippen LogP contribution < -0.4 is 10.2 Å². The molecule has 2 rings (SSSR count). The van der Waals surface area contributed by atoms with Crippen LogP contribution >= 0.6 is 0 Å². The van der Waals surface area contributed by atoms with Crippen molar-refractivity contribution in [2.24, 2.45) is 5.41 Å². The predicted molar refractivity (Wildman–Crippen MR) is 71.1 cm³/mol. The molecule has 1 N–H and O–H groups in total. The number of benzene rings is 1. The predicted octanol–water partition coefficient (Wildman–Crippen LogP) is 3.63. The molecule has 100 valence electrons. The largest absolute Gasteiger partial charge is 0.381 e. The van der Waals surface area contributed by atoms with Crippen LogP contribution in [0.25, 0.3) is 0 Å². The van der Waals surface area contributed by atoms with Crippen LogP contribution in [0.1, 0.15) is 27.7 Å². The van der Waals surface area contributed by atoms with E-state index in [1.54, 1.807) is 0 Å². The van der Waals surface area contributed by atoms with Crippen molar-refractivity contribution in [2.45, 2.75) is 33.7 Å². The zero-order chi connectivity index (χ0) is 13.5. The molecule has 18 heavy (non-hydrogen) atoms. The van der Waals surface area contributed by atoms with Gasteiger partial charge in [-0.05, 0) is 12.3 Å². The van der Waals surface area contributed by atoms with E-state index in [4.69, 9.17) is 0 Å². The third-order valence-electron chi connectivity index (χ3n) is 3.11. The van der Waals surface area contributed by atoms with E-state index in [0.717, 1.165) is 18.8 Å². The van der Waals surface area contributed by atoms with Crippen LogP contribution in [-0.4, -0.2) is 19.1 Å². The highest BCUT2D eigenvalue weighted by atomic mass is 19.2. The van der Waals surface area contributed by atoms with E-state index in [1.165, 1.54) is 12.1 Å². The van der Waals surface area contributed by atoms with E-state index < -0.39 is 11.6 Å². The van der Waals surface area contributed by atoms with Crippen LogP contribution in [0.5, 0.6) is 0 Å². The molecule has 1 aliphatic heterocycles. The second kappa shape index (κ2) is 4.41. The Balaban J connectivity index is 2.40. The molecule has 2 nitrogen and oxygen atoms in total. The average molecular weight is 254 g/mol. The molecule has 0 bridgehead atoms. The van der Waals surface area contributed by atoms with Crippen molar-refractivity contribution in [1.82, 2.24) is 0 Å². The molecule has 1 aromatic rings. The fourth-order valence-corrected chi connectivity index (χ4v) is 2.27. The topological polar surface area (TPSA) is 15.3 Å². The number of rotatable bonds is 1. The molecule has 0 aromatic heterocycles. The monoisotopic (exact) mass is 254 g/mol. The molecule has 0 aliphatic carbocycles. The quantitative estimate of drug-likeness (QED) is 0.823. The summed E-state index contributed by atoms with van der Waals surface area (Å²) in [6.07, 6.45) is 0. The Hall–Kier alpha value is -1.32. The number of fused-ring (bicyclic) bond motifs is 1. The average Bonchev–Trinajstić information content (AvgIpc) is 2.24. The van der Waals surface area contributed by atoms with Crippen LogP contribution in [0.4, 0.5) is 20.2 Å². The van der Waals surface area contributed by atoms with E-state index in [9.17, 15) is 8.78 Å². The first kappa shape index (κ1) is 13.1. The maximum absolute atomic E-state index is 13.4. The van der Waals surface area contributed by atoms with Crippen LogP contribution in [0.15, 0.2) is 12.1 Å². The van der Waals surface area contributed by atoms with E-state index in [2.05, 4.69) is 37.9 Å². The maximum atomic E-state index is 13.4. The van der Waals surface area contributed by atoms with Gasteiger partial charge in [-0.25, -0.2) is 8.78 Å². The van der Waals surface area contributed by atoms with Crippen LogP contribution in [0.3, 0.4) is 0 Å². The summed E-state index contributed by atoms with van der Waals surface area (Å²) < 4.78 is 26.6. The van der Waals surface area contributed by atoms with E-state index >= 15 is 0 Å². The first-order chi connectivity index (χ1) is 8.28. The third kappa shape index (κ3) is 2.57. The van der Waals surface area contributed by atoms with Gasteiger partial charge in [0.1, 0.15) is 0 Å². The smallest absolute Gasteiger partial charge is 0.161 e. The zero-order valence-corrected chi connectivity index (χ0v) is 11.3. The molecule has 0 spiro atoms. The Bertz CT molecular complexity index is 452. The summed E-state index contributed by atoms with van der Waals surface area (Å²) in [6.45, 7) is 10.1. The Morgan fingerprint density at radius 3 is 2.50 bits per heavy atom.